The fourth-order valence-corrected chi connectivity index (χ4v) is 2.43. The summed E-state index contributed by atoms with van der Waals surface area (Å²) in [5.41, 5.74) is 0.722. The van der Waals surface area contributed by atoms with Crippen molar-refractivity contribution < 1.29 is 22.7 Å². The second-order valence-corrected chi connectivity index (χ2v) is 6.02. The van der Waals surface area contributed by atoms with Crippen LogP contribution >= 0.6 is 0 Å². The molecule has 2 unspecified atom stereocenters. The third kappa shape index (κ3) is 4.58. The van der Waals surface area contributed by atoms with Gasteiger partial charge in [-0.2, -0.15) is 23.4 Å². The molecule has 0 radical (unpaired) electrons. The predicted octanol–water partition coefficient (Wildman–Crippen LogP) is 3.84. The fraction of sp³-hybridized carbons (Fsp3) is 0.222. The van der Waals surface area contributed by atoms with Gasteiger partial charge in [0.25, 0.3) is 0 Å². The summed E-state index contributed by atoms with van der Waals surface area (Å²) in [7, 11) is 0. The smallest absolute Gasteiger partial charge is 0.378 e. The lowest BCUT2D eigenvalue weighted by atomic mass is 10.1. The number of aliphatic hydroxyl groups excluding tert-OH is 1. The number of aromatic nitrogens is 4. The Morgan fingerprint density at radius 2 is 1.75 bits per heavy atom. The molecule has 1 aromatic carbocycles. The van der Waals surface area contributed by atoms with Crippen LogP contribution in [0, 0.1) is 5.82 Å². The van der Waals surface area contributed by atoms with Crippen LogP contribution in [-0.4, -0.2) is 31.4 Å². The zero-order valence-electron chi connectivity index (χ0n) is 14.5. The van der Waals surface area contributed by atoms with Crippen LogP contribution in [0.4, 0.5) is 23.4 Å². The molecule has 0 bridgehead atoms. The van der Waals surface area contributed by atoms with E-state index in [1.807, 2.05) is 6.92 Å². The van der Waals surface area contributed by atoms with Gasteiger partial charge in [0.15, 0.2) is 6.10 Å². The third-order valence-corrected chi connectivity index (χ3v) is 3.95. The first-order valence-corrected chi connectivity index (χ1v) is 8.16. The van der Waals surface area contributed by atoms with Crippen LogP contribution < -0.4 is 5.32 Å². The predicted molar refractivity (Wildman–Crippen MR) is 92.5 cm³/mol. The molecule has 3 rings (SSSR count). The molecule has 0 aliphatic heterocycles. The molecule has 6 nitrogen and oxygen atoms in total. The Kier molecular flexibility index (Phi) is 5.50. The number of anilines is 1. The van der Waals surface area contributed by atoms with E-state index in [1.54, 1.807) is 12.1 Å². The van der Waals surface area contributed by atoms with Crippen LogP contribution in [0.1, 0.15) is 30.3 Å². The molecule has 3 aromatic rings. The number of nitrogens with one attached hydrogen (secondary N) is 1. The molecule has 0 fully saturated rings. The average Bonchev–Trinajstić information content (AvgIpc) is 2.68. The molecule has 2 aromatic heterocycles. The third-order valence-electron chi connectivity index (χ3n) is 3.95. The van der Waals surface area contributed by atoms with E-state index >= 15 is 0 Å². The first-order valence-electron chi connectivity index (χ1n) is 8.16. The lowest BCUT2D eigenvalue weighted by Crippen LogP contribution is -2.21. The van der Waals surface area contributed by atoms with Crippen molar-refractivity contribution in [2.75, 3.05) is 5.32 Å². The molecule has 0 saturated heterocycles. The molecular formula is C18H15F4N5O. The molecule has 28 heavy (non-hydrogen) atoms. The van der Waals surface area contributed by atoms with E-state index < -0.39 is 18.0 Å². The van der Waals surface area contributed by atoms with E-state index in [4.69, 9.17) is 0 Å². The molecule has 0 aliphatic carbocycles. The monoisotopic (exact) mass is 393 g/mol. The van der Waals surface area contributed by atoms with Crippen LogP contribution in [0.2, 0.25) is 0 Å². The summed E-state index contributed by atoms with van der Waals surface area (Å²) in [6.45, 7) is 1.86. The molecule has 0 aliphatic rings. The fourth-order valence-electron chi connectivity index (χ4n) is 2.43. The largest absolute Gasteiger partial charge is 0.420 e. The molecule has 2 atom stereocenters. The Balaban J connectivity index is 1.75. The Morgan fingerprint density at radius 3 is 2.36 bits per heavy atom. The van der Waals surface area contributed by atoms with Gasteiger partial charge in [0.1, 0.15) is 17.3 Å². The number of halogens is 4. The van der Waals surface area contributed by atoms with Gasteiger partial charge in [0, 0.05) is 11.6 Å². The van der Waals surface area contributed by atoms with Crippen LogP contribution in [-0.2, 0) is 0 Å². The number of rotatable bonds is 5. The molecule has 10 heteroatoms. The van der Waals surface area contributed by atoms with Crippen molar-refractivity contribution in [1.82, 2.24) is 20.2 Å². The Labute approximate surface area is 157 Å². The van der Waals surface area contributed by atoms with Gasteiger partial charge in [-0.05, 0) is 30.7 Å². The number of alkyl halides is 3. The molecule has 0 amide bonds. The Morgan fingerprint density at radius 1 is 1.04 bits per heavy atom. The van der Waals surface area contributed by atoms with Crippen LogP contribution in [0.3, 0.4) is 0 Å². The van der Waals surface area contributed by atoms with Crippen molar-refractivity contribution >= 4 is 5.82 Å². The van der Waals surface area contributed by atoms with Gasteiger partial charge in [-0.25, -0.2) is 9.37 Å². The molecule has 0 saturated carbocycles. The van der Waals surface area contributed by atoms with E-state index in [-0.39, 0.29) is 23.1 Å². The number of hydrogen-bond acceptors (Lipinski definition) is 6. The lowest BCUT2D eigenvalue weighted by Gasteiger charge is -2.15. The maximum atomic E-state index is 13.0. The van der Waals surface area contributed by atoms with Crippen molar-refractivity contribution in [3.8, 4) is 11.3 Å². The van der Waals surface area contributed by atoms with Crippen molar-refractivity contribution in [1.29, 1.82) is 0 Å². The van der Waals surface area contributed by atoms with Gasteiger partial charge >= 0.3 is 6.18 Å². The van der Waals surface area contributed by atoms with E-state index in [0.717, 1.165) is 11.6 Å². The molecule has 0 spiro atoms. The quantitative estimate of drug-likeness (QED) is 0.641. The Bertz CT molecular complexity index is 932. The highest BCUT2D eigenvalue weighted by molar-refractivity contribution is 5.58. The zero-order valence-corrected chi connectivity index (χ0v) is 14.5. The maximum Gasteiger partial charge on any atom is 0.420 e. The summed E-state index contributed by atoms with van der Waals surface area (Å²) in [5.74, 6) is 0.0965. The molecule has 2 heterocycles. The van der Waals surface area contributed by atoms with Crippen LogP contribution in [0.15, 0.2) is 48.9 Å². The first-order chi connectivity index (χ1) is 13.2. The number of aliphatic hydroxyl groups is 1. The first kappa shape index (κ1) is 19.6. The zero-order chi connectivity index (χ0) is 20.3. The standard InChI is InChI=1S/C18H15F4N5O/c1-10(11-2-4-13(19)5-3-11)26-16-9-23-15(8-24-16)12-6-14(27-25-7-12)17(28)18(20,21)22/h2-10,17,28H,1H3,(H,24,26). The average molecular weight is 393 g/mol. The SMILES string of the molecule is CC(Nc1cnc(-c2cnnc(C(O)C(F)(F)F)c2)cn1)c1ccc(F)cc1. The summed E-state index contributed by atoms with van der Waals surface area (Å²) in [4.78, 5) is 8.34. The summed E-state index contributed by atoms with van der Waals surface area (Å²) in [6.07, 6.45) is -3.57. The van der Waals surface area contributed by atoms with Gasteiger partial charge in [0.05, 0.1) is 24.3 Å². The molecular weight excluding hydrogens is 378 g/mol. The van der Waals surface area contributed by atoms with Crippen molar-refractivity contribution in [2.24, 2.45) is 0 Å². The van der Waals surface area contributed by atoms with Crippen molar-refractivity contribution in [3.63, 3.8) is 0 Å². The van der Waals surface area contributed by atoms with E-state index in [0.29, 0.717) is 5.82 Å². The van der Waals surface area contributed by atoms with Gasteiger partial charge in [-0.15, -0.1) is 0 Å². The minimum Gasteiger partial charge on any atom is -0.378 e. The van der Waals surface area contributed by atoms with Crippen molar-refractivity contribution in [3.05, 3.63) is 66.0 Å². The van der Waals surface area contributed by atoms with Crippen LogP contribution in [0.5, 0.6) is 0 Å². The Hall–Kier alpha value is -3.14. The second-order valence-electron chi connectivity index (χ2n) is 6.02. The highest BCUT2D eigenvalue weighted by Crippen LogP contribution is 2.32. The number of nitrogens with zero attached hydrogens (tertiary/aromatic N) is 4. The maximum absolute atomic E-state index is 13.0. The number of hydrogen-bond donors (Lipinski definition) is 2. The number of benzene rings is 1. The van der Waals surface area contributed by atoms with Gasteiger partial charge in [-0.3, -0.25) is 4.98 Å². The van der Waals surface area contributed by atoms with Crippen molar-refractivity contribution in [2.45, 2.75) is 25.2 Å². The van der Waals surface area contributed by atoms with Gasteiger partial charge in [-0.1, -0.05) is 12.1 Å². The van der Waals surface area contributed by atoms with Crippen LogP contribution in [0.25, 0.3) is 11.3 Å². The highest BCUT2D eigenvalue weighted by atomic mass is 19.4. The summed E-state index contributed by atoms with van der Waals surface area (Å²) in [6, 6.07) is 6.88. The van der Waals surface area contributed by atoms with Gasteiger partial charge < -0.3 is 10.4 Å². The van der Waals surface area contributed by atoms with E-state index in [1.165, 1.54) is 30.7 Å². The molecule has 2 N–H and O–H groups in total. The topological polar surface area (TPSA) is 83.8 Å². The van der Waals surface area contributed by atoms with E-state index in [9.17, 15) is 22.7 Å². The summed E-state index contributed by atoms with van der Waals surface area (Å²) < 4.78 is 50.9. The lowest BCUT2D eigenvalue weighted by molar-refractivity contribution is -0.208. The van der Waals surface area contributed by atoms with Gasteiger partial charge in [0.2, 0.25) is 0 Å². The normalized spacial score (nSPS) is 13.8. The summed E-state index contributed by atoms with van der Waals surface area (Å²) in [5, 5.41) is 19.2. The highest BCUT2D eigenvalue weighted by Gasteiger charge is 2.40. The minimum absolute atomic E-state index is 0.170. The summed E-state index contributed by atoms with van der Waals surface area (Å²) >= 11 is 0. The second kappa shape index (κ2) is 7.85. The van der Waals surface area contributed by atoms with E-state index in [2.05, 4.69) is 25.5 Å². The minimum atomic E-state index is -4.84. The molecule has 146 valence electrons.